The third-order valence-electron chi connectivity index (χ3n) is 7.40. The molecule has 2 saturated carbocycles. The van der Waals surface area contributed by atoms with Crippen molar-refractivity contribution in [2.45, 2.75) is 88.2 Å². The van der Waals surface area contributed by atoms with E-state index in [-0.39, 0.29) is 40.1 Å². The summed E-state index contributed by atoms with van der Waals surface area (Å²) in [5.41, 5.74) is 4.05. The highest BCUT2D eigenvalue weighted by Crippen LogP contribution is 2.30. The molecule has 3 fully saturated rings. The minimum absolute atomic E-state index is 0.0349. The smallest absolute Gasteiger partial charge is 0.310 e. The second kappa shape index (κ2) is 13.3. The summed E-state index contributed by atoms with van der Waals surface area (Å²) in [5, 5.41) is 46.5. The summed E-state index contributed by atoms with van der Waals surface area (Å²) in [4.78, 5) is 14.5. The van der Waals surface area contributed by atoms with Crippen molar-refractivity contribution in [2.24, 2.45) is 16.9 Å². The summed E-state index contributed by atoms with van der Waals surface area (Å²) < 4.78 is 5.23. The predicted octanol–water partition coefficient (Wildman–Crippen LogP) is 2.67. The molecule has 1 saturated heterocycles. The maximum Gasteiger partial charge on any atom is 0.310 e. The van der Waals surface area contributed by atoms with Gasteiger partial charge in [0.25, 0.3) is 0 Å². The first kappa shape index (κ1) is 27.5. The number of rotatable bonds is 9. The van der Waals surface area contributed by atoms with Crippen molar-refractivity contribution in [2.75, 3.05) is 26.2 Å². The van der Waals surface area contributed by atoms with E-state index in [0.717, 1.165) is 50.8 Å². The molecule has 3 N–H and O–H groups in total. The van der Waals surface area contributed by atoms with Gasteiger partial charge in [-0.2, -0.15) is 5.10 Å². The zero-order chi connectivity index (χ0) is 24.7. The molecule has 3 rings (SSSR count). The number of hydrogen-bond acceptors (Lipinski definition) is 11. The number of nitrogens with zero attached hydrogens (tertiary/aromatic N) is 4. The number of ether oxygens (including phenoxy) is 1. The Bertz CT molecular complexity index is 676. The Balaban J connectivity index is 1.69. The minimum atomic E-state index is -0.894. The Kier molecular flexibility index (Phi) is 10.8. The van der Waals surface area contributed by atoms with Gasteiger partial charge in [0.05, 0.1) is 24.3 Å². The number of alkyl halides is 1. The second-order valence-electron chi connectivity index (χ2n) is 9.75. The molecule has 0 aromatic carbocycles. The van der Waals surface area contributed by atoms with Gasteiger partial charge in [-0.1, -0.05) is 0 Å². The van der Waals surface area contributed by atoms with E-state index in [4.69, 9.17) is 21.4 Å². The van der Waals surface area contributed by atoms with E-state index in [0.29, 0.717) is 32.5 Å². The SMILES string of the molecule is CCOC(=O)C1CCCN(CC(=NNC2CCC(N([O-])O)CC2N([O-])O)C2CCC(Cl)CC2)C1. The Labute approximate surface area is 206 Å². The van der Waals surface area contributed by atoms with Gasteiger partial charge in [-0.25, -0.2) is 0 Å². The van der Waals surface area contributed by atoms with Crippen molar-refractivity contribution in [1.82, 2.24) is 20.8 Å². The molecule has 1 aliphatic heterocycles. The monoisotopic (exact) mass is 503 g/mol. The van der Waals surface area contributed by atoms with Gasteiger partial charge in [-0.15, -0.1) is 11.6 Å². The molecule has 0 spiro atoms. The van der Waals surface area contributed by atoms with E-state index in [1.165, 1.54) is 0 Å². The van der Waals surface area contributed by atoms with E-state index >= 15 is 0 Å². The number of nitrogens with one attached hydrogen (secondary N) is 1. The molecule has 11 nitrogen and oxygen atoms in total. The third-order valence-corrected chi connectivity index (χ3v) is 7.83. The molecule has 0 aromatic rings. The highest BCUT2D eigenvalue weighted by Gasteiger charge is 2.33. The molecule has 4 atom stereocenters. The van der Waals surface area contributed by atoms with Gasteiger partial charge in [-0.3, -0.25) is 20.1 Å². The Morgan fingerprint density at radius 1 is 1.12 bits per heavy atom. The van der Waals surface area contributed by atoms with Crippen LogP contribution in [-0.2, 0) is 9.53 Å². The Hall–Kier alpha value is -1.05. The number of likely N-dealkylation sites (tertiary alicyclic amines) is 1. The van der Waals surface area contributed by atoms with Gasteiger partial charge in [0.2, 0.25) is 0 Å². The van der Waals surface area contributed by atoms with Gasteiger partial charge >= 0.3 is 5.97 Å². The lowest BCUT2D eigenvalue weighted by Gasteiger charge is -2.45. The van der Waals surface area contributed by atoms with Crippen molar-refractivity contribution >= 4 is 23.3 Å². The molecule has 0 bridgehead atoms. The highest BCUT2D eigenvalue weighted by molar-refractivity contribution is 6.20. The van der Waals surface area contributed by atoms with Crippen molar-refractivity contribution in [3.8, 4) is 0 Å². The normalized spacial score (nSPS) is 33.8. The summed E-state index contributed by atoms with van der Waals surface area (Å²) in [5.74, 6) is -0.0498. The minimum Gasteiger partial charge on any atom is -0.762 e. The standard InChI is InChI=1S/C22H38ClN5O6/c1-2-34-22(29)16-4-3-11-26(13-16)14-20(15-5-7-17(23)8-6-15)25-24-19-10-9-18(27(30)31)12-21(19)28(32)33/h15-19,21,24,30,32H,2-14H2,1H3/q-2. The Morgan fingerprint density at radius 3 is 2.50 bits per heavy atom. The number of esters is 1. The van der Waals surface area contributed by atoms with Gasteiger partial charge in [0.15, 0.2) is 0 Å². The maximum atomic E-state index is 12.3. The van der Waals surface area contributed by atoms with Crippen LogP contribution in [0, 0.1) is 22.3 Å². The molecule has 0 radical (unpaired) electrons. The number of piperidine rings is 1. The number of carbonyl (C=O) groups is 1. The average Bonchev–Trinajstić information content (AvgIpc) is 2.82. The van der Waals surface area contributed by atoms with Gasteiger partial charge in [0, 0.05) is 36.5 Å². The summed E-state index contributed by atoms with van der Waals surface area (Å²) in [6.45, 7) is 4.28. The van der Waals surface area contributed by atoms with E-state index in [1.807, 2.05) is 6.92 Å². The summed E-state index contributed by atoms with van der Waals surface area (Å²) in [7, 11) is 0. The molecule has 1 heterocycles. The number of hydrazone groups is 1. The van der Waals surface area contributed by atoms with E-state index in [9.17, 15) is 25.6 Å². The van der Waals surface area contributed by atoms with Crippen molar-refractivity contribution in [3.63, 3.8) is 0 Å². The van der Waals surface area contributed by atoms with Gasteiger partial charge in [-0.05, 0) is 71.3 Å². The summed E-state index contributed by atoms with van der Waals surface area (Å²) in [6, 6.07) is -2.08. The molecule has 0 amide bonds. The lowest BCUT2D eigenvalue weighted by atomic mass is 9.84. The topological polar surface area (TPSA) is 147 Å². The largest absolute Gasteiger partial charge is 0.762 e. The molecular weight excluding hydrogens is 466 g/mol. The second-order valence-corrected chi connectivity index (χ2v) is 10.4. The van der Waals surface area contributed by atoms with Crippen LogP contribution in [0.1, 0.15) is 64.7 Å². The third kappa shape index (κ3) is 7.72. The van der Waals surface area contributed by atoms with Crippen LogP contribution < -0.4 is 5.43 Å². The fraction of sp³-hybridized carbons (Fsp3) is 0.909. The number of hydroxylamine groups is 4. The predicted molar refractivity (Wildman–Crippen MR) is 127 cm³/mol. The number of hydrogen-bond donors (Lipinski definition) is 3. The molecule has 12 heteroatoms. The van der Waals surface area contributed by atoms with Crippen molar-refractivity contribution in [3.05, 3.63) is 10.4 Å². The molecule has 34 heavy (non-hydrogen) atoms. The van der Waals surface area contributed by atoms with Crippen LogP contribution in [0.4, 0.5) is 0 Å². The van der Waals surface area contributed by atoms with Crippen LogP contribution in [0.15, 0.2) is 5.10 Å². The van der Waals surface area contributed by atoms with E-state index in [2.05, 4.69) is 10.3 Å². The van der Waals surface area contributed by atoms with Crippen LogP contribution in [0.2, 0.25) is 0 Å². The fourth-order valence-electron chi connectivity index (χ4n) is 5.41. The van der Waals surface area contributed by atoms with Gasteiger partial charge < -0.3 is 31.0 Å². The average molecular weight is 504 g/mol. The van der Waals surface area contributed by atoms with Crippen LogP contribution >= 0.6 is 11.6 Å². The Morgan fingerprint density at radius 2 is 1.85 bits per heavy atom. The highest BCUT2D eigenvalue weighted by atomic mass is 35.5. The van der Waals surface area contributed by atoms with Crippen molar-refractivity contribution in [1.29, 1.82) is 0 Å². The maximum absolute atomic E-state index is 12.3. The van der Waals surface area contributed by atoms with E-state index < -0.39 is 18.1 Å². The van der Waals surface area contributed by atoms with Crippen LogP contribution in [-0.4, -0.2) is 87.2 Å². The molecule has 3 aliphatic rings. The van der Waals surface area contributed by atoms with E-state index in [1.54, 1.807) is 0 Å². The van der Waals surface area contributed by atoms with Crippen LogP contribution in [0.25, 0.3) is 0 Å². The van der Waals surface area contributed by atoms with Crippen LogP contribution in [0.3, 0.4) is 0 Å². The summed E-state index contributed by atoms with van der Waals surface area (Å²) in [6.07, 6.45) is 6.22. The van der Waals surface area contributed by atoms with Crippen LogP contribution in [0.5, 0.6) is 0 Å². The zero-order valence-electron chi connectivity index (χ0n) is 19.9. The molecular formula is C22H38ClN5O6-2. The number of halogens is 1. The first-order valence-corrected chi connectivity index (χ1v) is 12.9. The summed E-state index contributed by atoms with van der Waals surface area (Å²) >= 11 is 6.32. The molecule has 196 valence electrons. The lowest BCUT2D eigenvalue weighted by molar-refractivity contribution is -0.149. The zero-order valence-corrected chi connectivity index (χ0v) is 20.6. The first-order chi connectivity index (χ1) is 16.3. The molecule has 4 unspecified atom stereocenters. The quantitative estimate of drug-likeness (QED) is 0.185. The van der Waals surface area contributed by atoms with Crippen molar-refractivity contribution < 1.29 is 19.9 Å². The first-order valence-electron chi connectivity index (χ1n) is 12.4. The lowest BCUT2D eigenvalue weighted by Crippen LogP contribution is -2.53. The van der Waals surface area contributed by atoms with Gasteiger partial charge in [0.1, 0.15) is 0 Å². The number of carbonyl (C=O) groups excluding carboxylic acids is 1. The fourth-order valence-corrected chi connectivity index (χ4v) is 5.66. The molecule has 0 aromatic heterocycles. The molecule has 2 aliphatic carbocycles.